The number of alkyl halides is 3. The lowest BCUT2D eigenvalue weighted by Crippen LogP contribution is -2.45. The van der Waals surface area contributed by atoms with Gasteiger partial charge in [-0.2, -0.15) is 13.2 Å². The van der Waals surface area contributed by atoms with Gasteiger partial charge in [-0.05, 0) is 37.8 Å². The Balaban J connectivity index is 2.08. The minimum absolute atomic E-state index is 0.00856. The molecule has 2 amide bonds. The molecule has 0 bridgehead atoms. The third-order valence-electron chi connectivity index (χ3n) is 5.32. The highest BCUT2D eigenvalue weighted by Gasteiger charge is 2.32. The summed E-state index contributed by atoms with van der Waals surface area (Å²) < 4.78 is 41.8. The number of hydrogen-bond donors (Lipinski definition) is 1. The fraction of sp³-hybridized carbons (Fsp3) is 0.600. The number of carbonyl (C=O) groups excluding carboxylic acids is 2. The smallest absolute Gasteiger partial charge is 0.422 e. The first-order valence-electron chi connectivity index (χ1n) is 9.96. The summed E-state index contributed by atoms with van der Waals surface area (Å²) in [5, 5.41) is 14.2. The Bertz CT molecular complexity index is 821. The molecule has 1 saturated heterocycles. The Kier molecular flexibility index (Phi) is 7.85. The van der Waals surface area contributed by atoms with Crippen molar-refractivity contribution in [1.29, 1.82) is 0 Å². The second kappa shape index (κ2) is 9.97. The second-order valence-electron chi connectivity index (χ2n) is 7.95. The molecule has 31 heavy (non-hydrogen) atoms. The van der Waals surface area contributed by atoms with E-state index in [4.69, 9.17) is 0 Å². The predicted octanol–water partition coefficient (Wildman–Crippen LogP) is 3.55. The van der Waals surface area contributed by atoms with E-state index < -0.39 is 29.3 Å². The Labute approximate surface area is 177 Å². The van der Waals surface area contributed by atoms with Gasteiger partial charge >= 0.3 is 6.18 Å². The summed E-state index contributed by atoms with van der Waals surface area (Å²) in [6.45, 7) is 4.73. The summed E-state index contributed by atoms with van der Waals surface area (Å²) in [4.78, 5) is 37.1. The first kappa shape index (κ1) is 24.4. The van der Waals surface area contributed by atoms with Crippen LogP contribution in [0.3, 0.4) is 0 Å². The first-order chi connectivity index (χ1) is 14.4. The standard InChI is InChI=1S/C20H26F3N3O5/c1-12(2)13(3)24-18(27)14-6-8-25(9-7-14)19(28)16-10-15(31-11-20(21,22)23)4-5-17(16)26(29)30/h4-5,10,12-14H,6-9,11H2,1-3H3,(H,24,27). The number of hydrogen-bond acceptors (Lipinski definition) is 5. The van der Waals surface area contributed by atoms with Crippen LogP contribution < -0.4 is 10.1 Å². The summed E-state index contributed by atoms with van der Waals surface area (Å²) in [7, 11) is 0. The van der Waals surface area contributed by atoms with Crippen molar-refractivity contribution in [3.05, 3.63) is 33.9 Å². The van der Waals surface area contributed by atoms with E-state index in [1.54, 1.807) is 0 Å². The number of benzene rings is 1. The Morgan fingerprint density at radius 1 is 1.26 bits per heavy atom. The van der Waals surface area contributed by atoms with Crippen LogP contribution in [0.4, 0.5) is 18.9 Å². The van der Waals surface area contributed by atoms with Crippen molar-refractivity contribution in [2.24, 2.45) is 11.8 Å². The van der Waals surface area contributed by atoms with Crippen molar-refractivity contribution in [3.8, 4) is 5.75 Å². The highest BCUT2D eigenvalue weighted by Crippen LogP contribution is 2.28. The molecule has 1 aliphatic heterocycles. The minimum Gasteiger partial charge on any atom is -0.484 e. The average molecular weight is 445 g/mol. The summed E-state index contributed by atoms with van der Waals surface area (Å²) in [6, 6.07) is 2.93. The molecule has 11 heteroatoms. The fourth-order valence-corrected chi connectivity index (χ4v) is 3.12. The van der Waals surface area contributed by atoms with Crippen LogP contribution in [-0.2, 0) is 4.79 Å². The van der Waals surface area contributed by atoms with E-state index in [1.807, 2.05) is 20.8 Å². The van der Waals surface area contributed by atoms with E-state index in [-0.39, 0.29) is 48.2 Å². The Morgan fingerprint density at radius 2 is 1.87 bits per heavy atom. The largest absolute Gasteiger partial charge is 0.484 e. The van der Waals surface area contributed by atoms with Crippen molar-refractivity contribution < 1.29 is 32.4 Å². The van der Waals surface area contributed by atoms with Gasteiger partial charge in [0.25, 0.3) is 11.6 Å². The van der Waals surface area contributed by atoms with Gasteiger partial charge in [-0.25, -0.2) is 0 Å². The third-order valence-corrected chi connectivity index (χ3v) is 5.32. The number of nitro benzene ring substituents is 1. The molecule has 1 aliphatic rings. The van der Waals surface area contributed by atoms with Crippen LogP contribution >= 0.6 is 0 Å². The maximum atomic E-state index is 12.9. The zero-order chi connectivity index (χ0) is 23.3. The third kappa shape index (κ3) is 6.83. The van der Waals surface area contributed by atoms with Gasteiger partial charge in [0.15, 0.2) is 6.61 Å². The van der Waals surface area contributed by atoms with Gasteiger partial charge in [0.05, 0.1) is 4.92 Å². The molecule has 1 aromatic carbocycles. The van der Waals surface area contributed by atoms with Gasteiger partial charge in [-0.1, -0.05) is 13.8 Å². The summed E-state index contributed by atoms with van der Waals surface area (Å²) in [5.41, 5.74) is -0.865. The topological polar surface area (TPSA) is 102 Å². The molecule has 0 saturated carbocycles. The van der Waals surface area contributed by atoms with Gasteiger partial charge in [0.1, 0.15) is 11.3 Å². The molecule has 1 N–H and O–H groups in total. The van der Waals surface area contributed by atoms with Crippen LogP contribution in [0, 0.1) is 22.0 Å². The minimum atomic E-state index is -4.58. The molecule has 8 nitrogen and oxygen atoms in total. The number of nitrogens with one attached hydrogen (secondary N) is 1. The lowest BCUT2D eigenvalue weighted by Gasteiger charge is -2.32. The molecule has 0 aliphatic carbocycles. The molecule has 2 rings (SSSR count). The second-order valence-corrected chi connectivity index (χ2v) is 7.95. The molecule has 1 heterocycles. The van der Waals surface area contributed by atoms with E-state index in [1.165, 1.54) is 4.90 Å². The van der Waals surface area contributed by atoms with Crippen molar-refractivity contribution >= 4 is 17.5 Å². The maximum absolute atomic E-state index is 12.9. The highest BCUT2D eigenvalue weighted by molar-refractivity contribution is 5.98. The van der Waals surface area contributed by atoms with Crippen molar-refractivity contribution in [1.82, 2.24) is 10.2 Å². The van der Waals surface area contributed by atoms with E-state index in [9.17, 15) is 32.9 Å². The zero-order valence-corrected chi connectivity index (χ0v) is 17.6. The lowest BCUT2D eigenvalue weighted by atomic mass is 9.94. The van der Waals surface area contributed by atoms with Crippen LogP contribution in [0.15, 0.2) is 18.2 Å². The number of nitro groups is 1. The summed E-state index contributed by atoms with van der Waals surface area (Å²) in [5.74, 6) is -1.07. The molecule has 1 unspecified atom stereocenters. The number of piperidine rings is 1. The fourth-order valence-electron chi connectivity index (χ4n) is 3.12. The van der Waals surface area contributed by atoms with E-state index >= 15 is 0 Å². The van der Waals surface area contributed by atoms with Gasteiger partial charge in [0, 0.05) is 31.1 Å². The van der Waals surface area contributed by atoms with Crippen LogP contribution in [-0.4, -0.2) is 53.6 Å². The van der Waals surface area contributed by atoms with Crippen LogP contribution in [0.25, 0.3) is 0 Å². The van der Waals surface area contributed by atoms with Crippen LogP contribution in [0.2, 0.25) is 0 Å². The molecular formula is C20H26F3N3O5. The predicted molar refractivity (Wildman–Crippen MR) is 106 cm³/mol. The highest BCUT2D eigenvalue weighted by atomic mass is 19.4. The Morgan fingerprint density at radius 3 is 2.39 bits per heavy atom. The van der Waals surface area contributed by atoms with Gasteiger partial charge in [0.2, 0.25) is 5.91 Å². The maximum Gasteiger partial charge on any atom is 0.422 e. The van der Waals surface area contributed by atoms with Gasteiger partial charge < -0.3 is 15.0 Å². The molecule has 1 atom stereocenters. The number of ether oxygens (including phenoxy) is 1. The van der Waals surface area contributed by atoms with E-state index in [0.29, 0.717) is 12.8 Å². The van der Waals surface area contributed by atoms with Gasteiger partial charge in [-0.15, -0.1) is 0 Å². The molecule has 0 spiro atoms. The van der Waals surface area contributed by atoms with E-state index in [2.05, 4.69) is 10.1 Å². The number of nitrogens with zero attached hydrogens (tertiary/aromatic N) is 2. The van der Waals surface area contributed by atoms with Gasteiger partial charge in [-0.3, -0.25) is 19.7 Å². The quantitative estimate of drug-likeness (QED) is 0.511. The lowest BCUT2D eigenvalue weighted by molar-refractivity contribution is -0.385. The van der Waals surface area contributed by atoms with Crippen molar-refractivity contribution in [3.63, 3.8) is 0 Å². The molecule has 0 radical (unpaired) electrons. The number of amides is 2. The summed E-state index contributed by atoms with van der Waals surface area (Å²) >= 11 is 0. The molecule has 172 valence electrons. The number of halogens is 3. The Hall–Kier alpha value is -2.85. The monoisotopic (exact) mass is 445 g/mol. The average Bonchev–Trinajstić information content (AvgIpc) is 2.70. The molecule has 0 aromatic heterocycles. The molecule has 1 aromatic rings. The van der Waals surface area contributed by atoms with Crippen LogP contribution in [0.1, 0.15) is 44.0 Å². The first-order valence-corrected chi connectivity index (χ1v) is 9.96. The molecule has 1 fully saturated rings. The van der Waals surface area contributed by atoms with E-state index in [0.717, 1.165) is 18.2 Å². The van der Waals surface area contributed by atoms with Crippen LogP contribution in [0.5, 0.6) is 5.75 Å². The number of carbonyl (C=O) groups is 2. The molecular weight excluding hydrogens is 419 g/mol. The SMILES string of the molecule is CC(C)C(C)NC(=O)C1CCN(C(=O)c2cc(OCC(F)(F)F)ccc2[N+](=O)[O-])CC1. The van der Waals surface area contributed by atoms with Crippen molar-refractivity contribution in [2.45, 2.75) is 45.8 Å². The van der Waals surface area contributed by atoms with Crippen molar-refractivity contribution in [2.75, 3.05) is 19.7 Å². The normalized spacial score (nSPS) is 16.2. The summed E-state index contributed by atoms with van der Waals surface area (Å²) in [6.07, 6.45) is -3.80. The number of likely N-dealkylation sites (tertiary alicyclic amines) is 1. The zero-order valence-electron chi connectivity index (χ0n) is 17.6. The number of rotatable bonds is 7.